The number of para-hydroxylation sites is 1. The summed E-state index contributed by atoms with van der Waals surface area (Å²) in [4.78, 5) is 29.9. The quantitative estimate of drug-likeness (QED) is 0.726. The van der Waals surface area contributed by atoms with Crippen LogP contribution in [0.1, 0.15) is 34.5 Å². The molecule has 3 aromatic rings. The van der Waals surface area contributed by atoms with Crippen LogP contribution in [0.3, 0.4) is 0 Å². The molecule has 144 valence electrons. The van der Waals surface area contributed by atoms with Gasteiger partial charge in [-0.2, -0.15) is 0 Å². The summed E-state index contributed by atoms with van der Waals surface area (Å²) in [6.07, 6.45) is 0. The molecule has 1 atom stereocenters. The van der Waals surface area contributed by atoms with E-state index in [4.69, 9.17) is 4.74 Å². The molecule has 0 spiro atoms. The molecule has 0 aliphatic heterocycles. The van der Waals surface area contributed by atoms with Crippen molar-refractivity contribution in [1.29, 1.82) is 0 Å². The summed E-state index contributed by atoms with van der Waals surface area (Å²) in [5.74, 6) is 0.369. The lowest BCUT2D eigenvalue weighted by Crippen LogP contribution is -2.33. The highest BCUT2D eigenvalue weighted by molar-refractivity contribution is 5.94. The molecule has 1 unspecified atom stereocenters. The van der Waals surface area contributed by atoms with Crippen molar-refractivity contribution >= 4 is 5.91 Å². The first-order valence-corrected chi connectivity index (χ1v) is 9.13. The molecular formula is C23H24N2O3. The van der Waals surface area contributed by atoms with Gasteiger partial charge in [0.2, 0.25) is 0 Å². The van der Waals surface area contributed by atoms with Gasteiger partial charge in [0.05, 0.1) is 13.2 Å². The van der Waals surface area contributed by atoms with Crippen LogP contribution in [-0.2, 0) is 0 Å². The number of aryl methyl sites for hydroxylation is 1. The van der Waals surface area contributed by atoms with Crippen molar-refractivity contribution in [3.63, 3.8) is 0 Å². The Kier molecular flexibility index (Phi) is 5.64. The van der Waals surface area contributed by atoms with Gasteiger partial charge in [-0.1, -0.05) is 42.0 Å². The zero-order valence-electron chi connectivity index (χ0n) is 16.5. The number of nitrogens with zero attached hydrogens (tertiary/aromatic N) is 1. The molecule has 0 aliphatic rings. The van der Waals surface area contributed by atoms with Crippen molar-refractivity contribution in [2.75, 3.05) is 14.2 Å². The molecule has 1 amide bonds. The number of hydrogen-bond acceptors (Lipinski definition) is 3. The molecule has 0 fully saturated rings. The largest absolute Gasteiger partial charge is 0.496 e. The Morgan fingerprint density at radius 3 is 2.50 bits per heavy atom. The second-order valence-corrected chi connectivity index (χ2v) is 6.82. The van der Waals surface area contributed by atoms with Crippen LogP contribution in [0.25, 0.3) is 11.3 Å². The van der Waals surface area contributed by atoms with Gasteiger partial charge in [-0.15, -0.1) is 0 Å². The fraction of sp³-hybridized carbons (Fsp3) is 0.217. The minimum absolute atomic E-state index is 0.112. The Labute approximate surface area is 164 Å². The maximum atomic E-state index is 12.9. The van der Waals surface area contributed by atoms with E-state index in [-0.39, 0.29) is 17.5 Å². The molecule has 28 heavy (non-hydrogen) atoms. The lowest BCUT2D eigenvalue weighted by Gasteiger charge is -2.26. The Balaban J connectivity index is 1.89. The van der Waals surface area contributed by atoms with Gasteiger partial charge in [0.15, 0.2) is 0 Å². The summed E-state index contributed by atoms with van der Waals surface area (Å²) >= 11 is 0. The molecule has 0 saturated heterocycles. The van der Waals surface area contributed by atoms with Gasteiger partial charge < -0.3 is 14.6 Å². The molecule has 3 rings (SSSR count). The van der Waals surface area contributed by atoms with Crippen molar-refractivity contribution < 1.29 is 9.53 Å². The van der Waals surface area contributed by atoms with Crippen molar-refractivity contribution in [3.8, 4) is 17.0 Å². The molecule has 0 bridgehead atoms. The number of aromatic nitrogens is 1. The van der Waals surface area contributed by atoms with Crippen molar-refractivity contribution in [2.45, 2.75) is 19.9 Å². The lowest BCUT2D eigenvalue weighted by molar-refractivity contribution is 0.0739. The molecule has 1 aromatic heterocycles. The molecule has 1 heterocycles. The number of ether oxygens (including phenoxy) is 1. The van der Waals surface area contributed by atoms with Crippen LogP contribution in [0.2, 0.25) is 0 Å². The van der Waals surface area contributed by atoms with Crippen LogP contribution in [0.15, 0.2) is 65.5 Å². The highest BCUT2D eigenvalue weighted by atomic mass is 16.5. The molecule has 5 nitrogen and oxygen atoms in total. The van der Waals surface area contributed by atoms with Crippen LogP contribution < -0.4 is 10.3 Å². The number of pyridine rings is 1. The number of nitrogens with one attached hydrogen (secondary N) is 1. The maximum Gasteiger partial charge on any atom is 0.261 e. The molecule has 0 saturated carbocycles. The first kappa shape index (κ1) is 19.4. The van der Waals surface area contributed by atoms with Crippen LogP contribution in [0.4, 0.5) is 0 Å². The minimum Gasteiger partial charge on any atom is -0.496 e. The van der Waals surface area contributed by atoms with E-state index >= 15 is 0 Å². The Morgan fingerprint density at radius 1 is 1.07 bits per heavy atom. The second kappa shape index (κ2) is 8.13. The summed E-state index contributed by atoms with van der Waals surface area (Å²) < 4.78 is 5.39. The minimum atomic E-state index is -0.400. The number of methoxy groups -OCH3 is 1. The fourth-order valence-electron chi connectivity index (χ4n) is 3.21. The van der Waals surface area contributed by atoms with Crippen LogP contribution >= 0.6 is 0 Å². The maximum absolute atomic E-state index is 12.9. The molecule has 1 N–H and O–H groups in total. The third-order valence-corrected chi connectivity index (χ3v) is 4.96. The van der Waals surface area contributed by atoms with E-state index in [1.165, 1.54) is 0 Å². The van der Waals surface area contributed by atoms with Gasteiger partial charge >= 0.3 is 0 Å². The number of amides is 1. The zero-order chi connectivity index (χ0) is 20.3. The van der Waals surface area contributed by atoms with E-state index in [0.29, 0.717) is 11.4 Å². The highest BCUT2D eigenvalue weighted by Crippen LogP contribution is 2.28. The monoisotopic (exact) mass is 376 g/mol. The Bertz CT molecular complexity index is 1060. The fourth-order valence-corrected chi connectivity index (χ4v) is 3.21. The van der Waals surface area contributed by atoms with Gasteiger partial charge in [0.1, 0.15) is 11.3 Å². The molecule has 0 aliphatic carbocycles. The summed E-state index contributed by atoms with van der Waals surface area (Å²) in [6.45, 7) is 3.90. The zero-order valence-corrected chi connectivity index (χ0v) is 16.5. The number of H-pyrrole nitrogens is 1. The number of carbonyl (C=O) groups excluding carboxylic acids is 1. The number of carbonyl (C=O) groups is 1. The topological polar surface area (TPSA) is 62.4 Å². The Hall–Kier alpha value is -3.34. The first-order valence-electron chi connectivity index (χ1n) is 9.13. The van der Waals surface area contributed by atoms with Crippen LogP contribution in [-0.4, -0.2) is 29.9 Å². The molecule has 5 heteroatoms. The van der Waals surface area contributed by atoms with Gasteiger partial charge in [-0.3, -0.25) is 9.59 Å². The summed E-state index contributed by atoms with van der Waals surface area (Å²) in [6, 6.07) is 18.5. The van der Waals surface area contributed by atoms with Gasteiger partial charge in [-0.25, -0.2) is 0 Å². The highest BCUT2D eigenvalue weighted by Gasteiger charge is 2.23. The predicted octanol–water partition coefficient (Wildman–Crippen LogP) is 4.19. The van der Waals surface area contributed by atoms with Crippen LogP contribution in [0, 0.1) is 6.92 Å². The van der Waals surface area contributed by atoms with Crippen molar-refractivity contribution in [3.05, 3.63) is 87.7 Å². The number of benzene rings is 2. The average Bonchev–Trinajstić information content (AvgIpc) is 2.72. The van der Waals surface area contributed by atoms with Gasteiger partial charge in [-0.05, 0) is 43.7 Å². The number of hydrogen-bond donors (Lipinski definition) is 1. The molecular weight excluding hydrogens is 352 g/mol. The van der Waals surface area contributed by atoms with E-state index in [9.17, 15) is 9.59 Å². The van der Waals surface area contributed by atoms with E-state index in [1.54, 1.807) is 31.2 Å². The lowest BCUT2D eigenvalue weighted by atomic mass is 10.0. The van der Waals surface area contributed by atoms with Crippen molar-refractivity contribution in [2.24, 2.45) is 0 Å². The Morgan fingerprint density at radius 2 is 1.82 bits per heavy atom. The molecule has 0 radical (unpaired) electrons. The van der Waals surface area contributed by atoms with Gasteiger partial charge in [0, 0.05) is 18.3 Å². The first-order chi connectivity index (χ1) is 13.4. The normalized spacial score (nSPS) is 11.7. The van der Waals surface area contributed by atoms with E-state index in [1.807, 2.05) is 62.4 Å². The molecule has 2 aromatic carbocycles. The standard InChI is InChI=1S/C23H24N2O3/c1-15-8-7-9-17(14-15)20-13-12-19(22(26)24-20)23(27)25(3)16(2)18-10-5-6-11-21(18)28-4/h5-14,16H,1-4H3,(H,24,26). The third-order valence-electron chi connectivity index (χ3n) is 4.96. The average molecular weight is 376 g/mol. The SMILES string of the molecule is COc1ccccc1C(C)N(C)C(=O)c1ccc(-c2cccc(C)c2)[nH]c1=O. The number of aromatic amines is 1. The smallest absolute Gasteiger partial charge is 0.261 e. The van der Waals surface area contributed by atoms with E-state index < -0.39 is 5.56 Å². The number of rotatable bonds is 5. The summed E-state index contributed by atoms with van der Waals surface area (Å²) in [5.41, 5.74) is 3.29. The summed E-state index contributed by atoms with van der Waals surface area (Å²) in [5, 5.41) is 0. The van der Waals surface area contributed by atoms with E-state index in [0.717, 1.165) is 16.7 Å². The summed E-state index contributed by atoms with van der Waals surface area (Å²) in [7, 11) is 3.29. The van der Waals surface area contributed by atoms with Gasteiger partial charge in [0.25, 0.3) is 11.5 Å². The second-order valence-electron chi connectivity index (χ2n) is 6.82. The van der Waals surface area contributed by atoms with Crippen molar-refractivity contribution in [1.82, 2.24) is 9.88 Å². The predicted molar refractivity (Wildman–Crippen MR) is 111 cm³/mol. The van der Waals surface area contributed by atoms with Crippen LogP contribution in [0.5, 0.6) is 5.75 Å². The third kappa shape index (κ3) is 3.83. The van der Waals surface area contributed by atoms with E-state index in [2.05, 4.69) is 4.98 Å².